The lowest BCUT2D eigenvalue weighted by Gasteiger charge is -2.39. The van der Waals surface area contributed by atoms with E-state index in [0.29, 0.717) is 0 Å². The molecule has 13 heavy (non-hydrogen) atoms. The van der Waals surface area contributed by atoms with Crippen LogP contribution in [-0.2, 0) is 0 Å². The van der Waals surface area contributed by atoms with Gasteiger partial charge in [0.1, 0.15) is 7.28 Å². The summed E-state index contributed by atoms with van der Waals surface area (Å²) in [5.74, 6) is 3.09. The highest BCUT2D eigenvalue weighted by Gasteiger charge is 2.33. The third kappa shape index (κ3) is 2.30. The first kappa shape index (κ1) is 9.61. The van der Waals surface area contributed by atoms with E-state index in [0.717, 1.165) is 17.6 Å². The topological polar surface area (TPSA) is 0 Å². The Morgan fingerprint density at radius 3 is 2.92 bits per heavy atom. The van der Waals surface area contributed by atoms with Crippen LogP contribution in [0.4, 0.5) is 0 Å². The second kappa shape index (κ2) is 4.53. The number of unbranched alkanes of at least 4 members (excludes halogenated alkanes) is 1. The molecule has 2 saturated heterocycles. The Morgan fingerprint density at radius 2 is 2.08 bits per heavy atom. The third-order valence-corrected chi connectivity index (χ3v) is 4.07. The molecule has 2 aliphatic rings. The van der Waals surface area contributed by atoms with Crippen molar-refractivity contribution >= 4 is 7.28 Å². The highest BCUT2D eigenvalue weighted by molar-refractivity contribution is 6.40. The van der Waals surface area contributed by atoms with E-state index < -0.39 is 0 Å². The fourth-order valence-electron chi connectivity index (χ4n) is 3.26. The van der Waals surface area contributed by atoms with Crippen molar-refractivity contribution in [3.8, 4) is 0 Å². The smallest absolute Gasteiger partial charge is 0.0686 e. The van der Waals surface area contributed by atoms with Crippen molar-refractivity contribution in [2.75, 3.05) is 0 Å². The molecule has 0 amide bonds. The zero-order valence-corrected chi connectivity index (χ0v) is 8.97. The van der Waals surface area contributed by atoms with Crippen molar-refractivity contribution < 1.29 is 0 Å². The van der Waals surface area contributed by atoms with Gasteiger partial charge in [0, 0.05) is 0 Å². The molecule has 0 N–H and O–H groups in total. The summed E-state index contributed by atoms with van der Waals surface area (Å²) >= 11 is 0. The van der Waals surface area contributed by atoms with E-state index in [1.54, 1.807) is 0 Å². The van der Waals surface area contributed by atoms with Gasteiger partial charge in [-0.05, 0) is 5.92 Å². The van der Waals surface area contributed by atoms with Gasteiger partial charge in [-0.15, -0.1) is 0 Å². The second-order valence-corrected chi connectivity index (χ2v) is 5.03. The maximum atomic E-state index is 2.70. The molecular weight excluding hydrogens is 155 g/mol. The number of fused-ring (bicyclic) bond motifs is 2. The lowest BCUT2D eigenvalue weighted by molar-refractivity contribution is 0.319. The van der Waals surface area contributed by atoms with Crippen LogP contribution in [0, 0.1) is 5.92 Å². The van der Waals surface area contributed by atoms with E-state index in [4.69, 9.17) is 0 Å². The first-order chi connectivity index (χ1) is 6.40. The van der Waals surface area contributed by atoms with Gasteiger partial charge in [-0.25, -0.2) is 0 Å². The van der Waals surface area contributed by atoms with E-state index in [-0.39, 0.29) is 0 Å². The van der Waals surface area contributed by atoms with Gasteiger partial charge >= 0.3 is 0 Å². The minimum absolute atomic E-state index is 1.01. The van der Waals surface area contributed by atoms with Crippen LogP contribution >= 0.6 is 0 Å². The predicted molar refractivity (Wildman–Crippen MR) is 59.4 cm³/mol. The largest absolute Gasteiger partial charge is 0.118 e. The molecule has 2 fully saturated rings. The Morgan fingerprint density at radius 1 is 1.15 bits per heavy atom. The Labute approximate surface area is 83.7 Å². The van der Waals surface area contributed by atoms with Gasteiger partial charge in [-0.3, -0.25) is 0 Å². The molecular formula is C12H22B. The lowest BCUT2D eigenvalue weighted by Crippen LogP contribution is -2.28. The van der Waals surface area contributed by atoms with Gasteiger partial charge in [-0.1, -0.05) is 69.9 Å². The van der Waals surface area contributed by atoms with Crippen molar-refractivity contribution in [3.63, 3.8) is 0 Å². The van der Waals surface area contributed by atoms with Crippen molar-refractivity contribution in [2.45, 2.75) is 69.9 Å². The van der Waals surface area contributed by atoms with E-state index in [1.807, 2.05) is 0 Å². The van der Waals surface area contributed by atoms with Crippen molar-refractivity contribution in [3.05, 3.63) is 0 Å². The molecule has 2 heterocycles. The molecule has 73 valence electrons. The van der Waals surface area contributed by atoms with Crippen LogP contribution in [0.2, 0.25) is 11.6 Å². The summed E-state index contributed by atoms with van der Waals surface area (Å²) in [6.45, 7) is 2.32. The Kier molecular flexibility index (Phi) is 3.35. The molecule has 0 aliphatic carbocycles. The average molecular weight is 177 g/mol. The van der Waals surface area contributed by atoms with Gasteiger partial charge < -0.3 is 0 Å². The molecule has 1 heteroatoms. The van der Waals surface area contributed by atoms with Gasteiger partial charge in [0.2, 0.25) is 0 Å². The zero-order valence-electron chi connectivity index (χ0n) is 8.97. The molecule has 0 aromatic heterocycles. The van der Waals surface area contributed by atoms with Gasteiger partial charge in [0.15, 0.2) is 0 Å². The predicted octanol–water partition coefficient (Wildman–Crippen LogP) is 4.05. The molecule has 3 unspecified atom stereocenters. The van der Waals surface area contributed by atoms with Crippen LogP contribution in [0.25, 0.3) is 0 Å². The van der Waals surface area contributed by atoms with Gasteiger partial charge in [-0.2, -0.15) is 0 Å². The summed E-state index contributed by atoms with van der Waals surface area (Å²) in [7, 11) is 2.70. The van der Waals surface area contributed by atoms with Crippen molar-refractivity contribution in [1.29, 1.82) is 0 Å². The molecule has 0 nitrogen and oxygen atoms in total. The summed E-state index contributed by atoms with van der Waals surface area (Å²) in [5.41, 5.74) is 0. The summed E-state index contributed by atoms with van der Waals surface area (Å²) in [6, 6.07) is 0. The van der Waals surface area contributed by atoms with Crippen molar-refractivity contribution in [1.82, 2.24) is 0 Å². The van der Waals surface area contributed by atoms with E-state index in [1.165, 1.54) is 51.4 Å². The maximum absolute atomic E-state index is 2.70. The van der Waals surface area contributed by atoms with Crippen molar-refractivity contribution in [2.24, 2.45) is 5.92 Å². The van der Waals surface area contributed by atoms with Crippen LogP contribution in [0.3, 0.4) is 0 Å². The number of rotatable bonds is 3. The van der Waals surface area contributed by atoms with Crippen LogP contribution in [0.1, 0.15) is 58.3 Å². The van der Waals surface area contributed by atoms with Crippen LogP contribution in [0.5, 0.6) is 0 Å². The SMILES string of the molecule is CCCCC1CCC2[B]C1CCC2. The Balaban J connectivity index is 1.83. The zero-order chi connectivity index (χ0) is 9.10. The minimum atomic E-state index is 1.01. The Bertz CT molecular complexity index is 153. The summed E-state index contributed by atoms with van der Waals surface area (Å²) in [4.78, 5) is 0. The highest BCUT2D eigenvalue weighted by atomic mass is 14.3. The highest BCUT2D eigenvalue weighted by Crippen LogP contribution is 2.46. The molecule has 3 atom stereocenters. The number of hydrogen-bond donors (Lipinski definition) is 0. The van der Waals surface area contributed by atoms with Crippen LogP contribution < -0.4 is 0 Å². The second-order valence-electron chi connectivity index (χ2n) is 5.03. The maximum Gasteiger partial charge on any atom is 0.118 e. The number of hydrogen-bond acceptors (Lipinski definition) is 0. The fraction of sp³-hybridized carbons (Fsp3) is 1.00. The van der Waals surface area contributed by atoms with Crippen LogP contribution in [0.15, 0.2) is 0 Å². The summed E-state index contributed by atoms with van der Waals surface area (Å²) in [6.07, 6.45) is 11.9. The fourth-order valence-corrected chi connectivity index (χ4v) is 3.26. The molecule has 2 aliphatic heterocycles. The standard InChI is InChI=1S/C12H22B/c1-2-3-5-10-8-9-11-6-4-7-12(10)13-11/h10-12H,2-9H2,1H3. The van der Waals surface area contributed by atoms with E-state index in [9.17, 15) is 0 Å². The molecule has 0 saturated carbocycles. The third-order valence-electron chi connectivity index (χ3n) is 4.07. The molecule has 2 bridgehead atoms. The van der Waals surface area contributed by atoms with Crippen LogP contribution in [-0.4, -0.2) is 7.28 Å². The first-order valence-corrected chi connectivity index (χ1v) is 6.25. The normalized spacial score (nSPS) is 38.4. The molecule has 0 aromatic carbocycles. The quantitative estimate of drug-likeness (QED) is 0.570. The minimum Gasteiger partial charge on any atom is -0.0686 e. The molecule has 2 rings (SSSR count). The summed E-state index contributed by atoms with van der Waals surface area (Å²) < 4.78 is 0. The molecule has 1 radical (unpaired) electrons. The Hall–Kier alpha value is 0.0649. The van der Waals surface area contributed by atoms with E-state index >= 15 is 0 Å². The monoisotopic (exact) mass is 177 g/mol. The molecule has 0 aromatic rings. The molecule has 0 spiro atoms. The average Bonchev–Trinajstić information content (AvgIpc) is 2.18. The van der Waals surface area contributed by atoms with Gasteiger partial charge in [0.05, 0.1) is 0 Å². The first-order valence-electron chi connectivity index (χ1n) is 6.25. The summed E-state index contributed by atoms with van der Waals surface area (Å²) in [5, 5.41) is 0. The van der Waals surface area contributed by atoms with E-state index in [2.05, 4.69) is 14.2 Å². The lowest BCUT2D eigenvalue weighted by atomic mass is 9.41. The van der Waals surface area contributed by atoms with Gasteiger partial charge in [0.25, 0.3) is 0 Å².